The number of furan rings is 5. The maximum Gasteiger partial charge on any atom is 0.286 e. The molecule has 630 valence electrons. The van der Waals surface area contributed by atoms with E-state index in [0.717, 1.165) is 145 Å². The predicted molar refractivity (Wildman–Crippen MR) is 526 cm³/mol. The fourth-order valence-electron chi connectivity index (χ4n) is 19.4. The van der Waals surface area contributed by atoms with Crippen LogP contribution < -0.4 is 22.8 Å². The highest BCUT2D eigenvalue weighted by Crippen LogP contribution is 2.47. The van der Waals surface area contributed by atoms with Gasteiger partial charge in [0.2, 0.25) is 11.4 Å². The smallest absolute Gasteiger partial charge is 0.286 e. The van der Waals surface area contributed by atoms with Gasteiger partial charge in [-0.25, -0.2) is 18.7 Å². The Labute approximate surface area is 750 Å². The number of nitrogens with zero attached hydrogens (tertiary/aromatic N) is 10. The lowest BCUT2D eigenvalue weighted by atomic mass is 9.95. The van der Waals surface area contributed by atoms with Gasteiger partial charge in [-0.05, 0) is 191 Å². The highest BCUT2D eigenvalue weighted by Gasteiger charge is 2.29. The van der Waals surface area contributed by atoms with E-state index in [4.69, 9.17) is 22.1 Å². The quantitative estimate of drug-likeness (QED) is 0.152. The van der Waals surface area contributed by atoms with Crippen LogP contribution in [0.4, 0.5) is 0 Å². The standard InChI is InChI=1S/C24H21N2O.3C23H19N2O.C22H17N2O/c1-14-11-19-23-18-8-6-5-7-17(18)9-10-21(23)27-24(19)22(16(14)3)20-12-15(2)25-13-26(20)4;1-14-8-10-18-22-17-7-5-4-6-16(17)9-11-20(22)26-23(18)21(14)19-12-24-15(2)13-25(19)3;1-14-8-10-18-22-17-7-5-4-6-16(17)9-11-20(22)26-23(18)21(14)19-12-15(2)24-13-25(19)3;1-14-12-18-22-17-7-5-4-6-16(17)8-9-20(22)26-23(18)21(15(14)2)19-10-11-24-13-25(19)3;1-14-7-9-17-21-16-6-4-3-5-15(16)8-10-19(21)25-22(17)20(14)18-13-23-11-12-24(18)2/h5-13H,1-4H3;3*4-13H,1-3H3;3-13H,1-2H3/q5*+1. The maximum atomic E-state index is 6.44. The van der Waals surface area contributed by atoms with E-state index >= 15 is 0 Å². The minimum Gasteiger partial charge on any atom is -0.455 e. The molecule has 0 aliphatic carbocycles. The van der Waals surface area contributed by atoms with Crippen molar-refractivity contribution in [3.05, 3.63) is 361 Å². The number of benzene rings is 15. The van der Waals surface area contributed by atoms with E-state index in [1.54, 1.807) is 6.20 Å². The van der Waals surface area contributed by atoms with Crippen LogP contribution in [0.1, 0.15) is 56.0 Å². The van der Waals surface area contributed by atoms with Gasteiger partial charge in [0.25, 0.3) is 19.0 Å². The zero-order chi connectivity index (χ0) is 89.2. The average molecular weight is 1700 g/mol. The van der Waals surface area contributed by atoms with Gasteiger partial charge < -0.3 is 22.1 Å². The number of hydrogen-bond donors (Lipinski definition) is 0. The number of fused-ring (bicyclic) bond motifs is 25. The highest BCUT2D eigenvalue weighted by molar-refractivity contribution is 6.26. The molecule has 15 aromatic carbocycles. The normalized spacial score (nSPS) is 11.7. The molecule has 0 unspecified atom stereocenters. The molecule has 0 aliphatic heterocycles. The van der Waals surface area contributed by atoms with E-state index in [9.17, 15) is 0 Å². The van der Waals surface area contributed by atoms with E-state index in [2.05, 4.69) is 341 Å². The second-order valence-electron chi connectivity index (χ2n) is 34.6. The molecule has 25 aromatic rings. The van der Waals surface area contributed by atoms with Crippen LogP contribution in [0.5, 0.6) is 0 Å². The Morgan fingerprint density at radius 2 is 0.562 bits per heavy atom. The Hall–Kier alpha value is -16.0. The van der Waals surface area contributed by atoms with Crippen molar-refractivity contribution in [2.45, 2.75) is 69.2 Å². The lowest BCUT2D eigenvalue weighted by Crippen LogP contribution is -2.31. The van der Waals surface area contributed by atoms with Crippen LogP contribution in [0.2, 0.25) is 0 Å². The van der Waals surface area contributed by atoms with Crippen molar-refractivity contribution in [2.24, 2.45) is 35.2 Å². The maximum absolute atomic E-state index is 6.44. The van der Waals surface area contributed by atoms with Crippen molar-refractivity contribution in [1.29, 1.82) is 0 Å². The summed E-state index contributed by atoms with van der Waals surface area (Å²) < 4.78 is 42.3. The number of rotatable bonds is 5. The van der Waals surface area contributed by atoms with Crippen molar-refractivity contribution in [1.82, 2.24) is 24.9 Å². The van der Waals surface area contributed by atoms with Gasteiger partial charge in [0.15, 0.2) is 23.8 Å². The lowest BCUT2D eigenvalue weighted by molar-refractivity contribution is -0.663. The Bertz CT molecular complexity index is 8980. The first-order chi connectivity index (χ1) is 63.2. The molecule has 0 radical (unpaired) electrons. The third-order valence-corrected chi connectivity index (χ3v) is 26.2. The molecule has 0 N–H and O–H groups in total. The van der Waals surface area contributed by atoms with Gasteiger partial charge in [-0.15, -0.1) is 0 Å². The molecular weight excluding hydrogens is 1600 g/mol. The van der Waals surface area contributed by atoms with Crippen molar-refractivity contribution < 1.29 is 44.9 Å². The lowest BCUT2D eigenvalue weighted by Gasteiger charge is -2.10. The molecule has 0 amide bonds. The molecular formula is C115H95N10O5+5. The molecule has 15 heteroatoms. The summed E-state index contributed by atoms with van der Waals surface area (Å²) in [5.74, 6) is 0. The van der Waals surface area contributed by atoms with E-state index in [0.29, 0.717) is 0 Å². The topological polar surface area (TPSA) is 150 Å². The number of hydrogen-bond acceptors (Lipinski definition) is 10. The Morgan fingerprint density at radius 1 is 0.231 bits per heavy atom. The van der Waals surface area contributed by atoms with Crippen LogP contribution in [0.3, 0.4) is 0 Å². The molecule has 10 aromatic heterocycles. The van der Waals surface area contributed by atoms with Gasteiger partial charge in [0, 0.05) is 85.9 Å². The molecule has 15 nitrogen and oxygen atoms in total. The molecule has 10 heterocycles. The first-order valence-corrected chi connectivity index (χ1v) is 44.0. The molecule has 0 fully saturated rings. The predicted octanol–water partition coefficient (Wildman–Crippen LogP) is 26.2. The van der Waals surface area contributed by atoms with Crippen molar-refractivity contribution in [3.63, 3.8) is 0 Å². The third kappa shape index (κ3) is 13.8. The summed E-state index contributed by atoms with van der Waals surface area (Å²) in [5.41, 5.74) is 32.0. The van der Waals surface area contributed by atoms with Gasteiger partial charge in [-0.2, -0.15) is 9.13 Å². The highest BCUT2D eigenvalue weighted by atomic mass is 16.3. The Morgan fingerprint density at radius 3 is 0.931 bits per heavy atom. The monoisotopic (exact) mass is 1700 g/mol. The summed E-state index contributed by atoms with van der Waals surface area (Å²) in [6.45, 7) is 21.1. The second-order valence-corrected chi connectivity index (χ2v) is 34.6. The summed E-state index contributed by atoms with van der Waals surface area (Å²) in [6, 6.07) is 87.3. The van der Waals surface area contributed by atoms with E-state index in [-0.39, 0.29) is 0 Å². The van der Waals surface area contributed by atoms with Gasteiger partial charge >= 0.3 is 0 Å². The van der Waals surface area contributed by atoms with Crippen LogP contribution in [0, 0.1) is 69.2 Å². The molecule has 0 saturated heterocycles. The molecule has 0 aliphatic rings. The minimum atomic E-state index is 0.923. The van der Waals surface area contributed by atoms with Crippen molar-refractivity contribution in [3.8, 4) is 56.3 Å². The Balaban J connectivity index is 0.0000000984. The summed E-state index contributed by atoms with van der Waals surface area (Å²) in [5, 5.41) is 24.1. The van der Waals surface area contributed by atoms with E-state index < -0.39 is 0 Å². The molecule has 25 rings (SSSR count). The van der Waals surface area contributed by atoms with Crippen molar-refractivity contribution >= 4 is 164 Å². The number of aromatic nitrogens is 10. The fraction of sp³-hybridized carbons (Fsp3) is 0.130. The van der Waals surface area contributed by atoms with Gasteiger partial charge in [0.05, 0.1) is 67.6 Å². The third-order valence-electron chi connectivity index (χ3n) is 26.2. The number of aryl methyl sites for hydroxylation is 13. The SMILES string of the molecule is Cc1c[n+](C)c(-c2c(C)ccc3c2oc2ccc4ccccc4c23)cn1.Cc1cc(-c2c(C)c(C)cc3c2oc2ccc4ccccc4c23)[n+](C)cn1.Cc1cc(-c2c(C)ccc3c2oc2ccc4ccccc4c23)[n+](C)cn1.Cc1cc2c(oc3ccc4ccccc4c32)c(-c2ccnc[n+]2C)c1C.Cc1ccc2c(oc3ccc4ccccc4c32)c1-c1cncc[n+]1C. The van der Waals surface area contributed by atoms with Crippen molar-refractivity contribution in [2.75, 3.05) is 0 Å². The molecule has 0 atom stereocenters. The minimum absolute atomic E-state index is 0.923. The summed E-state index contributed by atoms with van der Waals surface area (Å²) >= 11 is 0. The fourth-order valence-corrected chi connectivity index (χ4v) is 19.4. The summed E-state index contributed by atoms with van der Waals surface area (Å²) in [6.07, 6.45) is 17.0. The Kier molecular flexibility index (Phi) is 20.2. The van der Waals surface area contributed by atoms with Crippen LogP contribution in [0.15, 0.2) is 327 Å². The van der Waals surface area contributed by atoms with Gasteiger partial charge in [-0.1, -0.05) is 203 Å². The van der Waals surface area contributed by atoms with Gasteiger partial charge in [-0.3, -0.25) is 4.98 Å². The van der Waals surface area contributed by atoms with Crippen LogP contribution in [0.25, 0.3) is 220 Å². The summed E-state index contributed by atoms with van der Waals surface area (Å²) in [7, 11) is 10.2. The first kappa shape index (κ1) is 81.1. The second kappa shape index (κ2) is 32.5. The zero-order valence-electron chi connectivity index (χ0n) is 75.4. The summed E-state index contributed by atoms with van der Waals surface area (Å²) in [4.78, 5) is 21.8. The van der Waals surface area contributed by atoms with E-state index in [1.165, 1.54) is 131 Å². The molecule has 0 spiro atoms. The zero-order valence-corrected chi connectivity index (χ0v) is 75.4. The largest absolute Gasteiger partial charge is 0.455 e. The van der Waals surface area contributed by atoms with Crippen LogP contribution in [-0.4, -0.2) is 24.9 Å². The first-order valence-electron chi connectivity index (χ1n) is 44.0. The van der Waals surface area contributed by atoms with Crippen LogP contribution in [-0.2, 0) is 35.2 Å². The van der Waals surface area contributed by atoms with Crippen LogP contribution >= 0.6 is 0 Å². The molecule has 0 bridgehead atoms. The molecule has 0 saturated carbocycles. The van der Waals surface area contributed by atoms with Gasteiger partial charge in [0.1, 0.15) is 98.9 Å². The van der Waals surface area contributed by atoms with E-state index in [1.807, 2.05) is 110 Å². The molecule has 130 heavy (non-hydrogen) atoms. The average Bonchev–Trinajstić information content (AvgIpc) is 1.56.